The first-order valence-corrected chi connectivity index (χ1v) is 5.69. The summed E-state index contributed by atoms with van der Waals surface area (Å²) in [6.45, 7) is 0. The minimum absolute atomic E-state index is 0.424. The number of halogens is 1. The summed E-state index contributed by atoms with van der Waals surface area (Å²) >= 11 is 6.02. The molecule has 92 valence electrons. The summed E-state index contributed by atoms with van der Waals surface area (Å²) in [6.07, 6.45) is 7.22. The van der Waals surface area contributed by atoms with Crippen molar-refractivity contribution in [3.63, 3.8) is 0 Å². The second kappa shape index (κ2) is 4.08. The SMILES string of the molecule is Cn1ncc(Cl)c1C(O)c1cnn2ccncc12. The normalized spacial score (nSPS) is 13.1. The fourth-order valence-corrected chi connectivity index (χ4v) is 2.21. The van der Waals surface area contributed by atoms with Gasteiger partial charge in [-0.2, -0.15) is 10.2 Å². The lowest BCUT2D eigenvalue weighted by Gasteiger charge is -2.10. The summed E-state index contributed by atoms with van der Waals surface area (Å²) in [7, 11) is 1.73. The predicted molar refractivity (Wildman–Crippen MR) is 65.3 cm³/mol. The van der Waals surface area contributed by atoms with Crippen LogP contribution in [0, 0.1) is 0 Å². The quantitative estimate of drug-likeness (QED) is 0.754. The lowest BCUT2D eigenvalue weighted by molar-refractivity contribution is 0.211. The molecule has 0 aliphatic heterocycles. The van der Waals surface area contributed by atoms with Gasteiger partial charge in [0.1, 0.15) is 6.10 Å². The van der Waals surface area contributed by atoms with Gasteiger partial charge in [-0.05, 0) is 0 Å². The zero-order valence-electron chi connectivity index (χ0n) is 9.53. The Morgan fingerprint density at radius 1 is 1.28 bits per heavy atom. The highest BCUT2D eigenvalue weighted by Gasteiger charge is 2.21. The Hall–Kier alpha value is -1.92. The molecule has 0 aliphatic rings. The van der Waals surface area contributed by atoms with Crippen molar-refractivity contribution in [2.24, 2.45) is 7.05 Å². The molecule has 0 spiro atoms. The second-order valence-electron chi connectivity index (χ2n) is 3.91. The number of hydrogen-bond acceptors (Lipinski definition) is 4. The molecule has 7 heteroatoms. The van der Waals surface area contributed by atoms with Gasteiger partial charge < -0.3 is 5.11 Å². The third-order valence-electron chi connectivity index (χ3n) is 2.85. The van der Waals surface area contributed by atoms with Gasteiger partial charge in [0.05, 0.1) is 34.8 Å². The van der Waals surface area contributed by atoms with Crippen molar-refractivity contribution in [3.8, 4) is 0 Å². The molecule has 3 heterocycles. The Labute approximate surface area is 107 Å². The fraction of sp³-hybridized carbons (Fsp3) is 0.182. The average molecular weight is 264 g/mol. The first kappa shape index (κ1) is 11.2. The van der Waals surface area contributed by atoms with Crippen LogP contribution in [0.5, 0.6) is 0 Å². The third kappa shape index (κ3) is 1.58. The standard InChI is InChI=1S/C11H10ClN5O/c1-16-10(8(12)5-14-16)11(18)7-4-15-17-3-2-13-6-9(7)17/h2-6,11,18H,1H3. The van der Waals surface area contributed by atoms with E-state index in [9.17, 15) is 5.11 Å². The van der Waals surface area contributed by atoms with Crippen LogP contribution in [0.15, 0.2) is 31.0 Å². The lowest BCUT2D eigenvalue weighted by Crippen LogP contribution is -2.07. The molecule has 0 saturated heterocycles. The Morgan fingerprint density at radius 2 is 2.11 bits per heavy atom. The maximum absolute atomic E-state index is 10.4. The summed E-state index contributed by atoms with van der Waals surface area (Å²) in [5, 5.41) is 19.0. The molecular weight excluding hydrogens is 254 g/mol. The second-order valence-corrected chi connectivity index (χ2v) is 4.32. The Balaban J connectivity index is 2.15. The van der Waals surface area contributed by atoms with Crippen molar-refractivity contribution in [2.45, 2.75) is 6.10 Å². The Kier molecular flexibility index (Phi) is 2.53. The van der Waals surface area contributed by atoms with Gasteiger partial charge in [0.25, 0.3) is 0 Å². The van der Waals surface area contributed by atoms with Crippen molar-refractivity contribution in [1.82, 2.24) is 24.4 Å². The number of aromatic nitrogens is 5. The smallest absolute Gasteiger partial charge is 0.126 e. The molecule has 1 unspecified atom stereocenters. The van der Waals surface area contributed by atoms with Gasteiger partial charge in [0.2, 0.25) is 0 Å². The van der Waals surface area contributed by atoms with E-state index in [4.69, 9.17) is 11.6 Å². The van der Waals surface area contributed by atoms with Crippen molar-refractivity contribution < 1.29 is 5.11 Å². The highest BCUT2D eigenvalue weighted by atomic mass is 35.5. The molecule has 0 bridgehead atoms. The van der Waals surface area contributed by atoms with E-state index in [0.29, 0.717) is 16.3 Å². The molecule has 3 aromatic heterocycles. The number of hydrogen-bond donors (Lipinski definition) is 1. The molecule has 3 aromatic rings. The van der Waals surface area contributed by atoms with Crippen LogP contribution in [0.4, 0.5) is 0 Å². The molecule has 18 heavy (non-hydrogen) atoms. The highest BCUT2D eigenvalue weighted by molar-refractivity contribution is 6.31. The summed E-state index contributed by atoms with van der Waals surface area (Å²) < 4.78 is 3.20. The number of aliphatic hydroxyl groups excluding tert-OH is 1. The van der Waals surface area contributed by atoms with Gasteiger partial charge in [0, 0.05) is 25.0 Å². The van der Waals surface area contributed by atoms with Crippen LogP contribution in [0.1, 0.15) is 17.4 Å². The van der Waals surface area contributed by atoms with Gasteiger partial charge in [-0.25, -0.2) is 4.52 Å². The van der Waals surface area contributed by atoms with Crippen molar-refractivity contribution in [3.05, 3.63) is 47.3 Å². The molecular formula is C11H10ClN5O. The Morgan fingerprint density at radius 3 is 2.83 bits per heavy atom. The first-order valence-electron chi connectivity index (χ1n) is 5.31. The van der Waals surface area contributed by atoms with E-state index in [-0.39, 0.29) is 0 Å². The molecule has 0 amide bonds. The number of fused-ring (bicyclic) bond motifs is 1. The molecule has 0 aliphatic carbocycles. The minimum Gasteiger partial charge on any atom is -0.382 e. The van der Waals surface area contributed by atoms with Gasteiger partial charge in [-0.15, -0.1) is 0 Å². The summed E-state index contributed by atoms with van der Waals surface area (Å²) in [6, 6.07) is 0. The van der Waals surface area contributed by atoms with Gasteiger partial charge in [0.15, 0.2) is 0 Å². The zero-order valence-corrected chi connectivity index (χ0v) is 10.3. The molecule has 0 fully saturated rings. The number of aryl methyl sites for hydroxylation is 1. The van der Waals surface area contributed by atoms with Crippen molar-refractivity contribution >= 4 is 17.1 Å². The van der Waals surface area contributed by atoms with Crippen LogP contribution in [0.25, 0.3) is 5.52 Å². The molecule has 6 nitrogen and oxygen atoms in total. The van der Waals surface area contributed by atoms with E-state index >= 15 is 0 Å². The van der Waals surface area contributed by atoms with Crippen LogP contribution in [-0.4, -0.2) is 29.5 Å². The third-order valence-corrected chi connectivity index (χ3v) is 3.14. The predicted octanol–water partition coefficient (Wildman–Crippen LogP) is 1.20. The van der Waals surface area contributed by atoms with Crippen LogP contribution < -0.4 is 0 Å². The topological polar surface area (TPSA) is 68.2 Å². The van der Waals surface area contributed by atoms with E-state index in [1.807, 2.05) is 0 Å². The number of rotatable bonds is 2. The summed E-state index contributed by atoms with van der Waals surface area (Å²) in [5.41, 5.74) is 1.92. The van der Waals surface area contributed by atoms with Gasteiger partial charge in [-0.3, -0.25) is 9.67 Å². The Bertz CT molecular complexity index is 685. The van der Waals surface area contributed by atoms with E-state index in [1.54, 1.807) is 41.0 Å². The highest BCUT2D eigenvalue weighted by Crippen LogP contribution is 2.29. The maximum Gasteiger partial charge on any atom is 0.126 e. The van der Waals surface area contributed by atoms with Crippen LogP contribution in [-0.2, 0) is 7.05 Å². The van der Waals surface area contributed by atoms with Crippen LogP contribution in [0.3, 0.4) is 0 Å². The van der Waals surface area contributed by atoms with Crippen LogP contribution in [0.2, 0.25) is 5.02 Å². The van der Waals surface area contributed by atoms with E-state index in [0.717, 1.165) is 5.52 Å². The molecule has 3 rings (SSSR count). The van der Waals surface area contributed by atoms with E-state index < -0.39 is 6.10 Å². The van der Waals surface area contributed by atoms with Gasteiger partial charge >= 0.3 is 0 Å². The fourth-order valence-electron chi connectivity index (χ4n) is 1.94. The molecule has 0 radical (unpaired) electrons. The molecule has 1 atom stereocenters. The lowest BCUT2D eigenvalue weighted by atomic mass is 10.1. The van der Waals surface area contributed by atoms with Crippen molar-refractivity contribution in [1.29, 1.82) is 0 Å². The first-order chi connectivity index (χ1) is 8.68. The molecule has 0 aromatic carbocycles. The number of aliphatic hydroxyl groups is 1. The minimum atomic E-state index is -0.883. The monoisotopic (exact) mass is 263 g/mol. The molecule has 1 N–H and O–H groups in total. The largest absolute Gasteiger partial charge is 0.382 e. The van der Waals surface area contributed by atoms with Crippen LogP contribution >= 0.6 is 11.6 Å². The summed E-state index contributed by atoms with van der Waals surface area (Å²) in [5.74, 6) is 0. The molecule has 0 saturated carbocycles. The average Bonchev–Trinajstić information content (AvgIpc) is 2.93. The van der Waals surface area contributed by atoms with Crippen molar-refractivity contribution in [2.75, 3.05) is 0 Å². The zero-order chi connectivity index (χ0) is 12.7. The van der Waals surface area contributed by atoms with Gasteiger partial charge in [-0.1, -0.05) is 11.6 Å². The van der Waals surface area contributed by atoms with E-state index in [1.165, 1.54) is 6.20 Å². The van der Waals surface area contributed by atoms with E-state index in [2.05, 4.69) is 15.2 Å². The maximum atomic E-state index is 10.4. The number of nitrogens with zero attached hydrogens (tertiary/aromatic N) is 5. The summed E-state index contributed by atoms with van der Waals surface area (Å²) in [4.78, 5) is 4.03.